The third-order valence-corrected chi connectivity index (χ3v) is 5.68. The first-order valence-electron chi connectivity index (χ1n) is 11.1. The van der Waals surface area contributed by atoms with Crippen LogP contribution >= 0.6 is 0 Å². The molecule has 0 radical (unpaired) electrons. The van der Waals surface area contributed by atoms with Crippen molar-refractivity contribution in [3.8, 4) is 5.75 Å². The highest BCUT2D eigenvalue weighted by Crippen LogP contribution is 2.32. The molecule has 0 aliphatic rings. The zero-order valence-corrected chi connectivity index (χ0v) is 19.5. The average molecular weight is 501 g/mol. The molecule has 1 atom stereocenters. The van der Waals surface area contributed by atoms with E-state index in [4.69, 9.17) is 9.72 Å². The molecule has 188 valence electrons. The van der Waals surface area contributed by atoms with E-state index in [0.717, 1.165) is 16.6 Å². The van der Waals surface area contributed by atoms with E-state index >= 15 is 0 Å². The number of nitrogens with zero attached hydrogens (tertiary/aromatic N) is 2. The van der Waals surface area contributed by atoms with Crippen LogP contribution in [-0.4, -0.2) is 29.0 Å². The Balaban J connectivity index is 1.70. The largest absolute Gasteiger partial charge is 0.573 e. The Labute approximate surface area is 204 Å². The maximum Gasteiger partial charge on any atom is 0.573 e. The second-order valence-electron chi connectivity index (χ2n) is 8.13. The molecule has 0 bridgehead atoms. The molecule has 10 heteroatoms. The Hall–Kier alpha value is -4.08. The average Bonchev–Trinajstić information content (AvgIpc) is 3.19. The number of carbonyl (C=O) groups excluding carboxylic acids is 1. The number of imidazole rings is 1. The highest BCUT2D eigenvalue weighted by molar-refractivity contribution is 5.81. The first-order valence-corrected chi connectivity index (χ1v) is 11.1. The van der Waals surface area contributed by atoms with E-state index in [1.807, 2.05) is 29.7 Å². The topological polar surface area (TPSA) is 65.4 Å². The second-order valence-corrected chi connectivity index (χ2v) is 8.13. The van der Waals surface area contributed by atoms with Crippen LogP contribution in [0, 0.1) is 5.82 Å². The first kappa shape index (κ1) is 25.0. The number of fused-ring (bicyclic) bond motifs is 1. The molecule has 0 aliphatic heterocycles. The smallest absolute Gasteiger partial charge is 0.469 e. The summed E-state index contributed by atoms with van der Waals surface area (Å²) in [5, 5.41) is 3.16. The van der Waals surface area contributed by atoms with E-state index < -0.39 is 6.36 Å². The van der Waals surface area contributed by atoms with Crippen molar-refractivity contribution in [3.63, 3.8) is 0 Å². The molecule has 6 nitrogen and oxygen atoms in total. The molecule has 0 aliphatic carbocycles. The lowest BCUT2D eigenvalue weighted by molar-refractivity contribution is -0.274. The number of rotatable bonds is 8. The molecule has 1 heterocycles. The molecule has 1 N–H and O–H groups in total. The minimum Gasteiger partial charge on any atom is -0.469 e. The van der Waals surface area contributed by atoms with E-state index in [1.54, 1.807) is 12.1 Å². The molecule has 0 fully saturated rings. The van der Waals surface area contributed by atoms with Crippen LogP contribution in [0.5, 0.6) is 5.75 Å². The van der Waals surface area contributed by atoms with Gasteiger partial charge in [0.25, 0.3) is 0 Å². The van der Waals surface area contributed by atoms with Gasteiger partial charge in [-0.1, -0.05) is 18.2 Å². The van der Waals surface area contributed by atoms with Crippen LogP contribution in [0.4, 0.5) is 29.2 Å². The number of aromatic nitrogens is 2. The number of nitrogens with one attached hydrogen (secondary N) is 1. The van der Waals surface area contributed by atoms with Crippen LogP contribution in [0.1, 0.15) is 30.5 Å². The summed E-state index contributed by atoms with van der Waals surface area (Å²) >= 11 is 0. The molecular formula is C26H23F4N3O3. The number of hydrogen-bond acceptors (Lipinski definition) is 5. The van der Waals surface area contributed by atoms with Crippen molar-refractivity contribution < 1.29 is 31.8 Å². The fraction of sp³-hybridized carbons (Fsp3) is 0.231. The summed E-state index contributed by atoms with van der Waals surface area (Å²) in [5.74, 6) is -0.560. The van der Waals surface area contributed by atoms with E-state index in [9.17, 15) is 22.4 Å². The molecule has 0 spiro atoms. The van der Waals surface area contributed by atoms with Crippen LogP contribution < -0.4 is 10.1 Å². The molecular weight excluding hydrogens is 478 g/mol. The summed E-state index contributed by atoms with van der Waals surface area (Å²) in [4.78, 5) is 16.2. The summed E-state index contributed by atoms with van der Waals surface area (Å²) in [6, 6.07) is 16.8. The van der Waals surface area contributed by atoms with Crippen LogP contribution in [0.25, 0.3) is 11.0 Å². The second kappa shape index (κ2) is 10.3. The molecule has 0 saturated heterocycles. The first-order chi connectivity index (χ1) is 17.1. The number of carbonyl (C=O) groups is 1. The van der Waals surface area contributed by atoms with Gasteiger partial charge in [0.05, 0.1) is 24.2 Å². The van der Waals surface area contributed by atoms with Gasteiger partial charge in [-0.2, -0.15) is 0 Å². The van der Waals surface area contributed by atoms with Gasteiger partial charge >= 0.3 is 12.3 Å². The predicted molar refractivity (Wildman–Crippen MR) is 127 cm³/mol. The van der Waals surface area contributed by atoms with Gasteiger partial charge in [-0.15, -0.1) is 13.2 Å². The van der Waals surface area contributed by atoms with Crippen LogP contribution in [0.2, 0.25) is 0 Å². The summed E-state index contributed by atoms with van der Waals surface area (Å²) < 4.78 is 61.5. The van der Waals surface area contributed by atoms with Gasteiger partial charge in [-0.05, 0) is 73.0 Å². The molecule has 0 unspecified atom stereocenters. The molecule has 4 aromatic rings. The Morgan fingerprint density at radius 3 is 2.39 bits per heavy atom. The SMILES string of the molecule is COC(=O)CCc1ccc2c(c1)nc(Nc1ccc(OC(F)(F)F)cc1)n2[C@H](C)c1ccc(F)cc1. The Morgan fingerprint density at radius 2 is 1.75 bits per heavy atom. The zero-order chi connectivity index (χ0) is 25.9. The summed E-state index contributed by atoms with van der Waals surface area (Å²) in [5.41, 5.74) is 3.67. The van der Waals surface area contributed by atoms with Gasteiger partial charge in [0.2, 0.25) is 5.95 Å². The number of alkyl halides is 3. The molecule has 36 heavy (non-hydrogen) atoms. The highest BCUT2D eigenvalue weighted by atomic mass is 19.4. The molecule has 3 aromatic carbocycles. The van der Waals surface area contributed by atoms with E-state index in [-0.39, 0.29) is 30.0 Å². The normalized spacial score (nSPS) is 12.4. The molecule has 1 aromatic heterocycles. The number of esters is 1. The quantitative estimate of drug-likeness (QED) is 0.220. The minimum atomic E-state index is -4.78. The fourth-order valence-corrected chi connectivity index (χ4v) is 3.89. The standard InChI is InChI=1S/C26H23F4N3O3/c1-16(18-5-7-19(27)8-6-18)33-23-13-3-17(4-14-24(34)35-2)15-22(23)32-25(33)31-20-9-11-21(12-10-20)36-26(28,29)30/h3,5-13,15-16H,4,14H2,1-2H3,(H,31,32)/t16-/m1/s1. The van der Waals surface area contributed by atoms with Crippen molar-refractivity contribution >= 4 is 28.6 Å². The number of anilines is 2. The van der Waals surface area contributed by atoms with E-state index in [2.05, 4.69) is 10.1 Å². The monoisotopic (exact) mass is 501 g/mol. The lowest BCUT2D eigenvalue weighted by Crippen LogP contribution is -2.17. The maximum absolute atomic E-state index is 13.5. The van der Waals surface area contributed by atoms with Crippen molar-refractivity contribution in [1.82, 2.24) is 9.55 Å². The Kier molecular flexibility index (Phi) is 7.14. The summed E-state index contributed by atoms with van der Waals surface area (Å²) in [6.07, 6.45) is -4.07. The van der Waals surface area contributed by atoms with Gasteiger partial charge in [0.15, 0.2) is 0 Å². The molecule has 0 saturated carbocycles. The number of methoxy groups -OCH3 is 1. The number of halogens is 4. The maximum atomic E-state index is 13.5. The lowest BCUT2D eigenvalue weighted by atomic mass is 10.1. The van der Waals surface area contributed by atoms with Gasteiger partial charge in [-0.25, -0.2) is 9.37 Å². The van der Waals surface area contributed by atoms with E-state index in [1.165, 1.54) is 43.5 Å². The number of ether oxygens (including phenoxy) is 2. The van der Waals surface area contributed by atoms with Gasteiger partial charge in [-0.3, -0.25) is 4.79 Å². The van der Waals surface area contributed by atoms with Crippen LogP contribution in [0.3, 0.4) is 0 Å². The van der Waals surface area contributed by atoms with Crippen molar-refractivity contribution in [2.75, 3.05) is 12.4 Å². The van der Waals surface area contributed by atoms with Crippen molar-refractivity contribution in [2.45, 2.75) is 32.2 Å². The highest BCUT2D eigenvalue weighted by Gasteiger charge is 2.31. The van der Waals surface area contributed by atoms with Crippen molar-refractivity contribution in [2.24, 2.45) is 0 Å². The Morgan fingerprint density at radius 1 is 1.06 bits per heavy atom. The third-order valence-electron chi connectivity index (χ3n) is 5.68. The van der Waals surface area contributed by atoms with Crippen molar-refractivity contribution in [1.29, 1.82) is 0 Å². The predicted octanol–water partition coefficient (Wildman–Crippen LogP) is 6.53. The zero-order valence-electron chi connectivity index (χ0n) is 19.5. The van der Waals surface area contributed by atoms with Gasteiger partial charge in [0.1, 0.15) is 11.6 Å². The van der Waals surface area contributed by atoms with Crippen LogP contribution in [0.15, 0.2) is 66.7 Å². The minimum absolute atomic E-state index is 0.228. The lowest BCUT2D eigenvalue weighted by Gasteiger charge is -2.19. The van der Waals surface area contributed by atoms with Gasteiger partial charge in [0, 0.05) is 12.1 Å². The number of benzene rings is 3. The number of hydrogen-bond donors (Lipinski definition) is 1. The molecule has 4 rings (SSSR count). The third kappa shape index (κ3) is 5.94. The van der Waals surface area contributed by atoms with Crippen LogP contribution in [-0.2, 0) is 16.0 Å². The molecule has 0 amide bonds. The van der Waals surface area contributed by atoms with Crippen molar-refractivity contribution in [3.05, 3.63) is 83.7 Å². The summed E-state index contributed by atoms with van der Waals surface area (Å²) in [7, 11) is 1.34. The number of aryl methyl sites for hydroxylation is 1. The summed E-state index contributed by atoms with van der Waals surface area (Å²) in [6.45, 7) is 1.94. The van der Waals surface area contributed by atoms with E-state index in [0.29, 0.717) is 23.6 Å². The van der Waals surface area contributed by atoms with Gasteiger partial charge < -0.3 is 19.4 Å². The Bertz CT molecular complexity index is 1350. The fourth-order valence-electron chi connectivity index (χ4n) is 3.89.